The van der Waals surface area contributed by atoms with Crippen LogP contribution in [0.5, 0.6) is 0 Å². The van der Waals surface area contributed by atoms with Crippen LogP contribution >= 0.6 is 0 Å². The zero-order valence-electron chi connectivity index (χ0n) is 6.70. The summed E-state index contributed by atoms with van der Waals surface area (Å²) in [5.74, 6) is -0.471. The van der Waals surface area contributed by atoms with Crippen molar-refractivity contribution in [3.63, 3.8) is 0 Å². The maximum atomic E-state index is 9.37. The second-order valence-electron chi connectivity index (χ2n) is 3.07. The molecule has 0 aliphatic carbocycles. The van der Waals surface area contributed by atoms with Gasteiger partial charge in [-0.25, -0.2) is 0 Å². The molecule has 11 heavy (non-hydrogen) atoms. The zero-order valence-corrected chi connectivity index (χ0v) is 6.70. The van der Waals surface area contributed by atoms with Gasteiger partial charge in [-0.1, -0.05) is 13.3 Å². The first-order valence-electron chi connectivity index (χ1n) is 4.04. The van der Waals surface area contributed by atoms with E-state index in [2.05, 4.69) is 5.32 Å². The predicted octanol–water partition coefficient (Wildman–Crippen LogP) is -1.03. The molecule has 1 fully saturated rings. The van der Waals surface area contributed by atoms with Crippen molar-refractivity contribution in [1.29, 1.82) is 0 Å². The second kappa shape index (κ2) is 3.56. The average molecular weight is 155 g/mol. The molecular weight excluding hydrogens is 141 g/mol. The predicted molar refractivity (Wildman–Crippen MR) is 43.4 cm³/mol. The summed E-state index contributed by atoms with van der Waals surface area (Å²) in [5, 5.41) is 21.5. The van der Waals surface area contributed by atoms with E-state index >= 15 is 0 Å². The first-order chi connectivity index (χ1) is 5.16. The highest BCUT2D eigenvalue weighted by Crippen LogP contribution is 2.15. The second-order valence-corrected chi connectivity index (χ2v) is 3.07. The van der Waals surface area contributed by atoms with Gasteiger partial charge in [0.15, 0.2) is 0 Å². The molecule has 0 aromatic rings. The van der Waals surface area contributed by atoms with Crippen LogP contribution in [-0.4, -0.2) is 42.3 Å². The maximum Gasteiger partial charge on any atom is 0.0959 e. The van der Waals surface area contributed by atoms with E-state index in [-0.39, 0.29) is 6.04 Å². The number of nitrogens with one attached hydrogen (secondary N) is 1. The van der Waals surface area contributed by atoms with Crippen molar-refractivity contribution in [2.45, 2.75) is 44.0 Å². The van der Waals surface area contributed by atoms with Crippen LogP contribution in [0.4, 0.5) is 0 Å². The molecule has 1 saturated heterocycles. The van der Waals surface area contributed by atoms with Gasteiger partial charge < -0.3 is 15.5 Å². The topological polar surface area (TPSA) is 52.5 Å². The Kier molecular flexibility index (Phi) is 2.93. The van der Waals surface area contributed by atoms with Crippen LogP contribution in [-0.2, 0) is 0 Å². The number of hydrogen-bond donors (Lipinski definition) is 3. The Bertz CT molecular complexity index is 134. The normalized spacial score (nSPS) is 44.6. The molecule has 3 N–H and O–H groups in total. The number of rotatable bonds is 2. The third-order valence-corrected chi connectivity index (χ3v) is 2.14. The highest BCUT2D eigenvalue weighted by Gasteiger charge is 2.36. The largest absolute Gasteiger partial charge is 0.390 e. The number of hydrogen-bond acceptors (Lipinski definition) is 3. The number of aliphatic hydroxyl groups is 2. The van der Waals surface area contributed by atoms with Crippen LogP contribution in [0.25, 0.3) is 0 Å². The minimum Gasteiger partial charge on any atom is -0.390 e. The van der Waals surface area contributed by atoms with Crippen molar-refractivity contribution >= 4 is 7.85 Å². The molecule has 3 nitrogen and oxygen atoms in total. The minimum atomic E-state index is -0.813. The summed E-state index contributed by atoms with van der Waals surface area (Å²) in [6, 6.07) is -0.0370. The van der Waals surface area contributed by atoms with E-state index in [9.17, 15) is 10.2 Å². The van der Waals surface area contributed by atoms with Crippen molar-refractivity contribution < 1.29 is 10.2 Å². The molecule has 1 aliphatic heterocycles. The van der Waals surface area contributed by atoms with E-state index in [0.717, 1.165) is 12.8 Å². The third-order valence-electron chi connectivity index (χ3n) is 2.14. The van der Waals surface area contributed by atoms with Crippen LogP contribution < -0.4 is 5.32 Å². The van der Waals surface area contributed by atoms with Crippen molar-refractivity contribution in [2.24, 2.45) is 0 Å². The summed E-state index contributed by atoms with van der Waals surface area (Å²) in [6.45, 7) is 2.03. The zero-order chi connectivity index (χ0) is 8.43. The van der Waals surface area contributed by atoms with Crippen molar-refractivity contribution in [3.8, 4) is 0 Å². The lowest BCUT2D eigenvalue weighted by molar-refractivity contribution is 0.0353. The summed E-state index contributed by atoms with van der Waals surface area (Å²) in [5.41, 5.74) is 0. The van der Waals surface area contributed by atoms with E-state index in [1.165, 1.54) is 0 Å². The molecule has 62 valence electrons. The Morgan fingerprint density at radius 2 is 2.00 bits per heavy atom. The third kappa shape index (κ3) is 1.75. The van der Waals surface area contributed by atoms with Gasteiger partial charge in [-0.05, 0) is 12.4 Å². The van der Waals surface area contributed by atoms with Crippen LogP contribution in [0.2, 0.25) is 0 Å². The minimum absolute atomic E-state index is 0.0370. The van der Waals surface area contributed by atoms with Gasteiger partial charge in [-0.15, -0.1) is 0 Å². The SMILES string of the molecule is [B]C1NC(CCC)C(O)C1O. The lowest BCUT2D eigenvalue weighted by atomic mass is 9.92. The van der Waals surface area contributed by atoms with Crippen LogP contribution in [0, 0.1) is 0 Å². The molecular formula is C7H14BNO2. The van der Waals surface area contributed by atoms with Crippen molar-refractivity contribution in [3.05, 3.63) is 0 Å². The first kappa shape index (κ1) is 9.04. The molecule has 0 aromatic heterocycles. The Balaban J connectivity index is 2.45. The Morgan fingerprint density at radius 3 is 2.36 bits per heavy atom. The van der Waals surface area contributed by atoms with Gasteiger partial charge in [0, 0.05) is 6.04 Å². The smallest absolute Gasteiger partial charge is 0.0959 e. The molecule has 4 heteroatoms. The molecule has 0 bridgehead atoms. The molecule has 0 amide bonds. The standard InChI is InChI=1S/C7H14BNO2/c1-2-3-4-5(10)6(11)7(8)9-4/h4-7,9-11H,2-3H2,1H3. The van der Waals surface area contributed by atoms with E-state index in [0.29, 0.717) is 0 Å². The summed E-state index contributed by atoms with van der Waals surface area (Å²) in [6.07, 6.45) is 0.316. The fourth-order valence-corrected chi connectivity index (χ4v) is 1.46. The Labute approximate surface area is 68.2 Å². The average Bonchev–Trinajstić information content (AvgIpc) is 2.19. The molecule has 1 heterocycles. The van der Waals surface area contributed by atoms with Gasteiger partial charge in [0.1, 0.15) is 0 Å². The lowest BCUT2D eigenvalue weighted by Crippen LogP contribution is -2.33. The lowest BCUT2D eigenvalue weighted by Gasteiger charge is -2.14. The molecule has 0 spiro atoms. The van der Waals surface area contributed by atoms with Crippen molar-refractivity contribution in [1.82, 2.24) is 5.32 Å². The molecule has 1 aliphatic rings. The summed E-state index contributed by atoms with van der Waals surface area (Å²) >= 11 is 0. The van der Waals surface area contributed by atoms with Crippen LogP contribution in [0.3, 0.4) is 0 Å². The van der Waals surface area contributed by atoms with Gasteiger partial charge in [-0.2, -0.15) is 0 Å². The molecule has 0 saturated carbocycles. The van der Waals surface area contributed by atoms with Crippen LogP contribution in [0.1, 0.15) is 19.8 Å². The van der Waals surface area contributed by atoms with Gasteiger partial charge in [0.05, 0.1) is 20.1 Å². The molecule has 1 rings (SSSR count). The fourth-order valence-electron chi connectivity index (χ4n) is 1.46. The first-order valence-corrected chi connectivity index (χ1v) is 4.04. The molecule has 0 aromatic carbocycles. The summed E-state index contributed by atoms with van der Waals surface area (Å²) in [4.78, 5) is 0. The molecule has 4 atom stereocenters. The van der Waals surface area contributed by atoms with Crippen LogP contribution in [0.15, 0.2) is 0 Å². The number of aliphatic hydroxyl groups excluding tert-OH is 2. The fraction of sp³-hybridized carbons (Fsp3) is 1.00. The highest BCUT2D eigenvalue weighted by atomic mass is 16.3. The molecule has 2 radical (unpaired) electrons. The summed E-state index contributed by atoms with van der Waals surface area (Å²) in [7, 11) is 5.47. The Morgan fingerprint density at radius 1 is 1.36 bits per heavy atom. The quantitative estimate of drug-likeness (QED) is 0.447. The van der Waals surface area contributed by atoms with E-state index in [1.54, 1.807) is 0 Å². The van der Waals surface area contributed by atoms with E-state index in [4.69, 9.17) is 7.85 Å². The molecule has 4 unspecified atom stereocenters. The van der Waals surface area contributed by atoms with Gasteiger partial charge in [-0.3, -0.25) is 0 Å². The Hall–Kier alpha value is -0.0551. The van der Waals surface area contributed by atoms with E-state index < -0.39 is 18.1 Å². The van der Waals surface area contributed by atoms with Gasteiger partial charge in [0.2, 0.25) is 0 Å². The monoisotopic (exact) mass is 155 g/mol. The highest BCUT2D eigenvalue weighted by molar-refractivity contribution is 6.12. The maximum absolute atomic E-state index is 9.37. The van der Waals surface area contributed by atoms with Gasteiger partial charge in [0.25, 0.3) is 0 Å². The van der Waals surface area contributed by atoms with Gasteiger partial charge >= 0.3 is 0 Å². The van der Waals surface area contributed by atoms with E-state index in [1.807, 2.05) is 6.92 Å². The van der Waals surface area contributed by atoms with Crippen molar-refractivity contribution in [2.75, 3.05) is 0 Å². The summed E-state index contributed by atoms with van der Waals surface area (Å²) < 4.78 is 0.